The standard InChI is InChI=1S/C8H17NOS.CH4/c1-3-4-6-9-8(10)5-7-11-2;/h3-7H2,1-2H3,(H,9,10);1H4/i;1D. The van der Waals surface area contributed by atoms with E-state index in [2.05, 4.69) is 12.2 Å². The van der Waals surface area contributed by atoms with Crippen LogP contribution in [0.25, 0.3) is 0 Å². The van der Waals surface area contributed by atoms with Gasteiger partial charge in [0.2, 0.25) is 5.91 Å². The van der Waals surface area contributed by atoms with Gasteiger partial charge in [-0.3, -0.25) is 4.79 Å². The van der Waals surface area contributed by atoms with Crippen molar-refractivity contribution in [3.8, 4) is 0 Å². The Morgan fingerprint density at radius 2 is 2.33 bits per heavy atom. The van der Waals surface area contributed by atoms with Crippen molar-refractivity contribution in [3.63, 3.8) is 0 Å². The Morgan fingerprint density at radius 1 is 1.67 bits per heavy atom. The first-order valence-electron chi connectivity index (χ1n) is 5.07. The molecule has 0 aliphatic carbocycles. The van der Waals surface area contributed by atoms with Crippen LogP contribution in [0.3, 0.4) is 0 Å². The molecule has 1 amide bonds. The molecule has 0 aromatic carbocycles. The minimum Gasteiger partial charge on any atom is -0.356 e. The van der Waals surface area contributed by atoms with Crippen LogP contribution in [0.2, 0.25) is 0 Å². The molecule has 0 aliphatic heterocycles. The van der Waals surface area contributed by atoms with E-state index in [4.69, 9.17) is 1.37 Å². The summed E-state index contributed by atoms with van der Waals surface area (Å²) >= 11 is 1.71. The predicted octanol–water partition coefficient (Wildman–Crippen LogP) is 2.29. The predicted molar refractivity (Wildman–Crippen MR) is 57.6 cm³/mol. The molecule has 0 unspecified atom stereocenters. The Hall–Kier alpha value is -0.180. The maximum atomic E-state index is 11.0. The summed E-state index contributed by atoms with van der Waals surface area (Å²) < 4.78 is 5.75. The largest absolute Gasteiger partial charge is 0.356 e. The van der Waals surface area contributed by atoms with Crippen molar-refractivity contribution in [2.75, 3.05) is 18.6 Å². The molecule has 74 valence electrons. The van der Waals surface area contributed by atoms with Crippen molar-refractivity contribution in [2.45, 2.75) is 33.6 Å². The van der Waals surface area contributed by atoms with Crippen LogP contribution >= 0.6 is 11.8 Å². The van der Waals surface area contributed by atoms with Gasteiger partial charge >= 0.3 is 0 Å². The van der Waals surface area contributed by atoms with Gasteiger partial charge in [0.05, 0.1) is 0 Å². The number of thioether (sulfide) groups is 1. The van der Waals surface area contributed by atoms with Crippen molar-refractivity contribution < 1.29 is 6.17 Å². The average molecular weight is 192 g/mol. The second-order valence-electron chi connectivity index (χ2n) is 2.45. The average Bonchev–Trinajstić information content (AvgIpc) is 2.18. The van der Waals surface area contributed by atoms with E-state index in [9.17, 15) is 4.79 Å². The lowest BCUT2D eigenvalue weighted by molar-refractivity contribution is -0.120. The van der Waals surface area contributed by atoms with Crippen LogP contribution in [0.4, 0.5) is 0 Å². The SMILES string of the molecule is CCCCNC(=O)CCSC.[2H]C. The maximum Gasteiger partial charge on any atom is 0.220 e. The van der Waals surface area contributed by atoms with Crippen LogP contribution in [0.5, 0.6) is 0 Å². The van der Waals surface area contributed by atoms with E-state index in [1.807, 2.05) is 6.26 Å². The summed E-state index contributed by atoms with van der Waals surface area (Å²) in [6, 6.07) is 0. The Kier molecular flexibility index (Phi) is 10.7. The van der Waals surface area contributed by atoms with Crippen molar-refractivity contribution in [1.82, 2.24) is 5.32 Å². The summed E-state index contributed by atoms with van der Waals surface area (Å²) in [6.45, 7) is 2.96. The molecule has 0 saturated heterocycles. The van der Waals surface area contributed by atoms with E-state index in [0.29, 0.717) is 6.42 Å². The molecule has 0 rings (SSSR count). The molecule has 0 atom stereocenters. The molecule has 0 heterocycles. The molecule has 12 heavy (non-hydrogen) atoms. The Labute approximate surface area is 81.9 Å². The number of amides is 1. The van der Waals surface area contributed by atoms with Gasteiger partial charge in [-0.05, 0) is 12.7 Å². The van der Waals surface area contributed by atoms with Crippen LogP contribution in [0.15, 0.2) is 0 Å². The van der Waals surface area contributed by atoms with Gasteiger partial charge in [-0.2, -0.15) is 11.8 Å². The van der Waals surface area contributed by atoms with E-state index in [-0.39, 0.29) is 5.91 Å². The summed E-state index contributed by atoms with van der Waals surface area (Å²) in [7, 11) is 1.25. The first kappa shape index (κ1) is 11.8. The molecule has 0 aromatic rings. The third-order valence-electron chi connectivity index (χ3n) is 1.39. The number of unbranched alkanes of at least 4 members (excludes halogenated alkanes) is 1. The van der Waals surface area contributed by atoms with E-state index in [0.717, 1.165) is 25.1 Å². The summed E-state index contributed by atoms with van der Waals surface area (Å²) in [5, 5.41) is 2.87. The molecule has 0 saturated carbocycles. The number of hydrogen-bond donors (Lipinski definition) is 1. The normalized spacial score (nSPS) is 9.42. The first-order valence-corrected chi connectivity index (χ1v) is 5.46. The highest BCUT2D eigenvalue weighted by atomic mass is 32.2. The van der Waals surface area contributed by atoms with Crippen molar-refractivity contribution in [3.05, 3.63) is 0 Å². The molecule has 0 fully saturated rings. The van der Waals surface area contributed by atoms with Gasteiger partial charge in [0.25, 0.3) is 0 Å². The smallest absolute Gasteiger partial charge is 0.220 e. The molecule has 0 aliphatic rings. The monoisotopic (exact) mass is 192 g/mol. The fourth-order valence-corrected chi connectivity index (χ4v) is 1.08. The highest BCUT2D eigenvalue weighted by molar-refractivity contribution is 7.98. The Balaban J connectivity index is 0. The third kappa shape index (κ3) is 9.82. The zero-order valence-corrected chi connectivity index (χ0v) is 9.17. The topological polar surface area (TPSA) is 29.1 Å². The molecule has 0 spiro atoms. The van der Waals surface area contributed by atoms with Gasteiger partial charge in [-0.1, -0.05) is 20.7 Å². The number of carbonyl (C=O) groups is 1. The van der Waals surface area contributed by atoms with Crippen molar-refractivity contribution in [2.24, 2.45) is 0 Å². The number of rotatable bonds is 6. The maximum absolute atomic E-state index is 11.0. The minimum absolute atomic E-state index is 0.188. The molecule has 0 bridgehead atoms. The van der Waals surface area contributed by atoms with E-state index >= 15 is 0 Å². The molecule has 3 heteroatoms. The van der Waals surface area contributed by atoms with Gasteiger partial charge < -0.3 is 5.32 Å². The van der Waals surface area contributed by atoms with E-state index in [1.165, 1.54) is 7.40 Å². The molecule has 1 N–H and O–H groups in total. The number of hydrogen-bond acceptors (Lipinski definition) is 2. The summed E-state index contributed by atoms with van der Waals surface area (Å²) in [5.74, 6) is 1.12. The first-order chi connectivity index (χ1) is 6.31. The minimum atomic E-state index is 0.188. The lowest BCUT2D eigenvalue weighted by atomic mass is 10.3. The van der Waals surface area contributed by atoms with Gasteiger partial charge in [-0.25, -0.2) is 0 Å². The van der Waals surface area contributed by atoms with Crippen molar-refractivity contribution in [1.29, 1.82) is 0 Å². The molecular weight excluding hydrogens is 170 g/mol. The van der Waals surface area contributed by atoms with Gasteiger partial charge in [-0.15, -0.1) is 0 Å². The summed E-state index contributed by atoms with van der Waals surface area (Å²) in [4.78, 5) is 11.0. The van der Waals surface area contributed by atoms with Gasteiger partial charge in [0.15, 0.2) is 0 Å². The highest BCUT2D eigenvalue weighted by Gasteiger charge is 1.97. The fraction of sp³-hybridized carbons (Fsp3) is 0.889. The zero-order valence-electron chi connectivity index (χ0n) is 9.35. The zero-order chi connectivity index (χ0) is 10.5. The van der Waals surface area contributed by atoms with Gasteiger partial charge in [0.1, 0.15) is 0 Å². The second kappa shape index (κ2) is 10.8. The second-order valence-corrected chi connectivity index (χ2v) is 3.43. The van der Waals surface area contributed by atoms with Crippen molar-refractivity contribution >= 4 is 17.7 Å². The van der Waals surface area contributed by atoms with Gasteiger partial charge in [0, 0.05) is 20.1 Å². The Morgan fingerprint density at radius 3 is 2.83 bits per heavy atom. The van der Waals surface area contributed by atoms with E-state index in [1.54, 1.807) is 11.8 Å². The van der Waals surface area contributed by atoms with Crippen LogP contribution in [-0.4, -0.2) is 24.5 Å². The van der Waals surface area contributed by atoms with E-state index < -0.39 is 0 Å². The quantitative estimate of drug-likeness (QED) is 0.654. The third-order valence-corrected chi connectivity index (χ3v) is 2.00. The van der Waals surface area contributed by atoms with Crippen LogP contribution < -0.4 is 5.32 Å². The van der Waals surface area contributed by atoms with Crippen LogP contribution in [-0.2, 0) is 4.79 Å². The lowest BCUT2D eigenvalue weighted by Crippen LogP contribution is -2.24. The highest BCUT2D eigenvalue weighted by Crippen LogP contribution is 1.94. The molecule has 0 radical (unpaired) electrons. The number of carbonyl (C=O) groups excluding carboxylic acids is 1. The van der Waals surface area contributed by atoms with Crippen LogP contribution in [0.1, 0.15) is 35.0 Å². The lowest BCUT2D eigenvalue weighted by Gasteiger charge is -2.01. The summed E-state index contributed by atoms with van der Waals surface area (Å²) in [5.41, 5.74) is 0. The number of nitrogens with one attached hydrogen (secondary N) is 1. The fourth-order valence-electron chi connectivity index (χ4n) is 0.688. The Bertz CT molecular complexity index is 112. The summed E-state index contributed by atoms with van der Waals surface area (Å²) in [6.07, 6.45) is 4.90. The molecular formula is C9H21NOS. The molecule has 0 aromatic heterocycles. The molecule has 2 nitrogen and oxygen atoms in total. The van der Waals surface area contributed by atoms with Crippen LogP contribution in [0, 0.1) is 0 Å².